The first-order valence-electron chi connectivity index (χ1n) is 20.9. The van der Waals surface area contributed by atoms with Crippen LogP contribution in [0.4, 0.5) is 0 Å². The van der Waals surface area contributed by atoms with Crippen LogP contribution < -0.4 is 0 Å². The van der Waals surface area contributed by atoms with Crippen LogP contribution >= 0.6 is 0 Å². The Balaban J connectivity index is 0.920. The normalized spacial score (nSPS) is 42.4. The van der Waals surface area contributed by atoms with Crippen molar-refractivity contribution < 1.29 is 19.0 Å². The second kappa shape index (κ2) is 15.6. The van der Waals surface area contributed by atoms with Crippen molar-refractivity contribution in [1.82, 2.24) is 0 Å². The number of rotatable bonds is 15. The second-order valence-corrected chi connectivity index (χ2v) is 18.1. The van der Waals surface area contributed by atoms with Crippen molar-refractivity contribution in [2.24, 2.45) is 46.3 Å². The fraction of sp³-hybridized carbons (Fsp3) is 0.930. The topological polar surface area (TPSA) is 44.8 Å². The standard InChI is InChI=1S/C43H72O4/c1-6-7-8-9-10-11-12-13-14-15-16-17-18-19-39(44)46-34-23-25-41(4)33(28-34)20-21-35-36(41)24-26-42(5)37(35)29-38-40(42)32(3)43(47-38)27-22-31(2)30-45-43/h20,31-32,34-38,40H,6-19,21-30H2,1-5H3/t31-,32-,34-,35+,36-,37-,38-,40-,41-,42-,43+/m0/s1. The van der Waals surface area contributed by atoms with E-state index in [-0.39, 0.29) is 23.3 Å². The van der Waals surface area contributed by atoms with Crippen LogP contribution in [0.25, 0.3) is 0 Å². The average molecular weight is 653 g/mol. The van der Waals surface area contributed by atoms with Crippen molar-refractivity contribution in [3.05, 3.63) is 11.6 Å². The molecule has 4 heteroatoms. The fourth-order valence-corrected chi connectivity index (χ4v) is 12.3. The summed E-state index contributed by atoms with van der Waals surface area (Å²) in [4.78, 5) is 12.8. The van der Waals surface area contributed by atoms with Gasteiger partial charge in [0, 0.05) is 25.2 Å². The number of unbranched alkanes of at least 4 members (excludes halogenated alkanes) is 12. The summed E-state index contributed by atoms with van der Waals surface area (Å²) < 4.78 is 19.7. The summed E-state index contributed by atoms with van der Waals surface area (Å²) in [5.41, 5.74) is 2.25. The molecule has 0 amide bonds. The summed E-state index contributed by atoms with van der Waals surface area (Å²) in [6.07, 6.45) is 31.6. The quantitative estimate of drug-likeness (QED) is 0.100. The van der Waals surface area contributed by atoms with Gasteiger partial charge in [0.05, 0.1) is 12.7 Å². The van der Waals surface area contributed by atoms with E-state index in [1.807, 2.05) is 0 Å². The van der Waals surface area contributed by atoms with Gasteiger partial charge in [0.15, 0.2) is 5.79 Å². The highest BCUT2D eigenvalue weighted by atomic mass is 16.7. The molecule has 0 N–H and O–H groups in total. The van der Waals surface area contributed by atoms with Gasteiger partial charge in [-0.15, -0.1) is 0 Å². The lowest BCUT2D eigenvalue weighted by Gasteiger charge is -2.58. The molecule has 0 unspecified atom stereocenters. The van der Waals surface area contributed by atoms with E-state index in [4.69, 9.17) is 14.2 Å². The molecule has 6 aliphatic rings. The first-order chi connectivity index (χ1) is 22.7. The molecule has 47 heavy (non-hydrogen) atoms. The van der Waals surface area contributed by atoms with Gasteiger partial charge in [-0.3, -0.25) is 4.79 Å². The van der Waals surface area contributed by atoms with Crippen LogP contribution in [0.2, 0.25) is 0 Å². The number of allylic oxidation sites excluding steroid dienone is 1. The molecule has 5 fully saturated rings. The summed E-state index contributed by atoms with van der Waals surface area (Å²) in [5, 5.41) is 0. The van der Waals surface area contributed by atoms with Crippen molar-refractivity contribution >= 4 is 5.97 Å². The Morgan fingerprint density at radius 3 is 2.19 bits per heavy atom. The molecule has 11 atom stereocenters. The van der Waals surface area contributed by atoms with Gasteiger partial charge >= 0.3 is 5.97 Å². The van der Waals surface area contributed by atoms with E-state index in [9.17, 15) is 4.79 Å². The zero-order valence-electron chi connectivity index (χ0n) is 31.3. The predicted molar refractivity (Wildman–Crippen MR) is 192 cm³/mol. The van der Waals surface area contributed by atoms with Crippen LogP contribution in [0.3, 0.4) is 0 Å². The lowest BCUT2D eigenvalue weighted by Crippen LogP contribution is -2.52. The van der Waals surface area contributed by atoms with Gasteiger partial charge in [-0.05, 0) is 91.8 Å². The van der Waals surface area contributed by atoms with Gasteiger partial charge in [-0.2, -0.15) is 0 Å². The summed E-state index contributed by atoms with van der Waals surface area (Å²) in [5.74, 6) is 3.78. The van der Waals surface area contributed by atoms with Gasteiger partial charge in [0.1, 0.15) is 6.10 Å². The summed E-state index contributed by atoms with van der Waals surface area (Å²) in [6, 6.07) is 0. The first-order valence-corrected chi connectivity index (χ1v) is 20.9. The molecule has 0 aromatic rings. The minimum atomic E-state index is -0.319. The Morgan fingerprint density at radius 1 is 0.851 bits per heavy atom. The number of esters is 1. The van der Waals surface area contributed by atoms with Gasteiger partial charge in [0.25, 0.3) is 0 Å². The molecule has 0 aromatic heterocycles. The minimum absolute atomic E-state index is 0.0465. The first kappa shape index (κ1) is 35.9. The molecular weight excluding hydrogens is 580 g/mol. The van der Waals surface area contributed by atoms with Gasteiger partial charge in [-0.1, -0.05) is 123 Å². The van der Waals surface area contributed by atoms with E-state index in [1.54, 1.807) is 5.57 Å². The molecule has 4 nitrogen and oxygen atoms in total. The monoisotopic (exact) mass is 653 g/mol. The van der Waals surface area contributed by atoms with E-state index >= 15 is 0 Å². The third-order valence-corrected chi connectivity index (χ3v) is 15.1. The van der Waals surface area contributed by atoms with Crippen LogP contribution in [-0.2, 0) is 19.0 Å². The van der Waals surface area contributed by atoms with E-state index in [1.165, 1.54) is 116 Å². The molecule has 2 heterocycles. The Kier molecular flexibility index (Phi) is 11.9. The molecule has 2 saturated heterocycles. The zero-order valence-corrected chi connectivity index (χ0v) is 31.3. The van der Waals surface area contributed by atoms with E-state index in [0.717, 1.165) is 50.0 Å². The number of hydrogen-bond acceptors (Lipinski definition) is 4. The van der Waals surface area contributed by atoms with Crippen LogP contribution in [0.5, 0.6) is 0 Å². The van der Waals surface area contributed by atoms with Crippen LogP contribution in [0.15, 0.2) is 11.6 Å². The Bertz CT molecular complexity index is 1060. The molecule has 0 aromatic carbocycles. The van der Waals surface area contributed by atoms with Gasteiger partial charge < -0.3 is 14.2 Å². The van der Waals surface area contributed by atoms with Gasteiger partial charge in [0.2, 0.25) is 0 Å². The van der Waals surface area contributed by atoms with E-state index in [2.05, 4.69) is 40.7 Å². The summed E-state index contributed by atoms with van der Waals surface area (Å²) in [6.45, 7) is 13.1. The Hall–Kier alpha value is -0.870. The zero-order chi connectivity index (χ0) is 33.1. The number of hydrogen-bond donors (Lipinski definition) is 0. The van der Waals surface area contributed by atoms with Crippen LogP contribution in [0, 0.1) is 46.3 Å². The molecule has 2 aliphatic heterocycles. The molecule has 3 saturated carbocycles. The van der Waals surface area contributed by atoms with Gasteiger partial charge in [-0.25, -0.2) is 0 Å². The van der Waals surface area contributed by atoms with Crippen LogP contribution in [-0.4, -0.2) is 30.6 Å². The lowest BCUT2D eigenvalue weighted by molar-refractivity contribution is -0.272. The molecule has 0 bridgehead atoms. The lowest BCUT2D eigenvalue weighted by atomic mass is 9.47. The van der Waals surface area contributed by atoms with E-state index in [0.29, 0.717) is 35.7 Å². The number of ether oxygens (including phenoxy) is 3. The molecule has 6 rings (SSSR count). The van der Waals surface area contributed by atoms with Crippen molar-refractivity contribution in [1.29, 1.82) is 0 Å². The predicted octanol–water partition coefficient (Wildman–Crippen LogP) is 11.7. The summed E-state index contributed by atoms with van der Waals surface area (Å²) in [7, 11) is 0. The molecular formula is C43H72O4. The second-order valence-electron chi connectivity index (χ2n) is 18.1. The van der Waals surface area contributed by atoms with Crippen molar-refractivity contribution in [2.75, 3.05) is 6.61 Å². The van der Waals surface area contributed by atoms with Crippen molar-refractivity contribution in [3.63, 3.8) is 0 Å². The molecule has 1 spiro atoms. The SMILES string of the molecule is CCCCCCCCCCCCCCCC(=O)O[C@H]1CC[C@@]2(C)C(=CC[C@H]3[C@@H]4C[C@@H]5O[C@]6(CC[C@H](C)CO6)[C@@H](C)[C@@H]5[C@@]4(C)CC[C@@H]32)C1. The highest BCUT2D eigenvalue weighted by molar-refractivity contribution is 5.69. The smallest absolute Gasteiger partial charge is 0.306 e. The molecule has 4 aliphatic carbocycles. The third kappa shape index (κ3) is 7.45. The van der Waals surface area contributed by atoms with Crippen molar-refractivity contribution in [3.8, 4) is 0 Å². The van der Waals surface area contributed by atoms with E-state index < -0.39 is 0 Å². The Morgan fingerprint density at radius 2 is 1.53 bits per heavy atom. The third-order valence-electron chi connectivity index (χ3n) is 15.1. The number of fused-ring (bicyclic) bond motifs is 7. The van der Waals surface area contributed by atoms with Crippen molar-refractivity contribution in [2.45, 2.75) is 200 Å². The maximum atomic E-state index is 12.8. The Labute approximate surface area is 289 Å². The maximum Gasteiger partial charge on any atom is 0.306 e. The molecule has 268 valence electrons. The van der Waals surface area contributed by atoms with Crippen LogP contribution in [0.1, 0.15) is 182 Å². The average Bonchev–Trinajstić information content (AvgIpc) is 3.50. The largest absolute Gasteiger partial charge is 0.462 e. The highest BCUT2D eigenvalue weighted by Crippen LogP contribution is 2.70. The minimum Gasteiger partial charge on any atom is -0.462 e. The maximum absolute atomic E-state index is 12.8. The highest BCUT2D eigenvalue weighted by Gasteiger charge is 2.68. The number of carbonyl (C=O) groups is 1. The number of carbonyl (C=O) groups excluding carboxylic acids is 1. The summed E-state index contributed by atoms with van der Waals surface area (Å²) >= 11 is 0. The molecule has 0 radical (unpaired) electrons. The fourth-order valence-electron chi connectivity index (χ4n) is 12.3.